The number of rotatable bonds is 3. The van der Waals surface area contributed by atoms with Gasteiger partial charge >= 0.3 is 0 Å². The normalized spacial score (nSPS) is 29.3. The van der Waals surface area contributed by atoms with Crippen molar-refractivity contribution in [1.82, 2.24) is 4.90 Å². The summed E-state index contributed by atoms with van der Waals surface area (Å²) in [5.74, 6) is 0.427. The van der Waals surface area contributed by atoms with Crippen molar-refractivity contribution in [2.45, 2.75) is 63.5 Å². The molecular weight excluding hydrogens is 228 g/mol. The van der Waals surface area contributed by atoms with Crippen molar-refractivity contribution in [1.29, 1.82) is 0 Å². The van der Waals surface area contributed by atoms with Gasteiger partial charge in [0.2, 0.25) is 5.91 Å². The lowest BCUT2D eigenvalue weighted by Crippen LogP contribution is -2.46. The standard InChI is InChI=1S/C14H26N2O2/c1-11(17)12-5-8-16(10-12)13(18)9-14(15)6-3-2-4-7-14/h11-12,17H,2-10,15H2,1H3. The van der Waals surface area contributed by atoms with Crippen LogP contribution >= 0.6 is 0 Å². The van der Waals surface area contributed by atoms with Gasteiger partial charge in [0.05, 0.1) is 6.10 Å². The summed E-state index contributed by atoms with van der Waals surface area (Å²) in [6, 6.07) is 0. The highest BCUT2D eigenvalue weighted by molar-refractivity contribution is 5.77. The Hall–Kier alpha value is -0.610. The minimum Gasteiger partial charge on any atom is -0.393 e. The monoisotopic (exact) mass is 254 g/mol. The van der Waals surface area contributed by atoms with Crippen molar-refractivity contribution in [2.75, 3.05) is 13.1 Å². The van der Waals surface area contributed by atoms with Crippen LogP contribution in [-0.2, 0) is 4.79 Å². The average molecular weight is 254 g/mol. The molecule has 0 aromatic heterocycles. The van der Waals surface area contributed by atoms with Crippen LogP contribution in [0.25, 0.3) is 0 Å². The predicted octanol–water partition coefficient (Wildman–Crippen LogP) is 1.27. The number of carbonyl (C=O) groups is 1. The molecule has 1 aliphatic carbocycles. The first kappa shape index (κ1) is 13.8. The zero-order chi connectivity index (χ0) is 13.2. The van der Waals surface area contributed by atoms with Gasteiger partial charge in [-0.1, -0.05) is 19.3 Å². The van der Waals surface area contributed by atoms with E-state index < -0.39 is 0 Å². The Labute approximate surface area is 110 Å². The SMILES string of the molecule is CC(O)C1CCN(C(=O)CC2(N)CCCCC2)C1. The second-order valence-corrected chi connectivity index (χ2v) is 6.23. The van der Waals surface area contributed by atoms with Crippen LogP contribution in [0.15, 0.2) is 0 Å². The molecule has 1 aliphatic heterocycles. The van der Waals surface area contributed by atoms with Crippen molar-refractivity contribution < 1.29 is 9.90 Å². The molecule has 1 saturated carbocycles. The molecule has 2 aliphatic rings. The molecule has 2 rings (SSSR count). The van der Waals surface area contributed by atoms with Gasteiger partial charge in [0.25, 0.3) is 0 Å². The Balaban J connectivity index is 1.85. The van der Waals surface area contributed by atoms with E-state index in [1.54, 1.807) is 0 Å². The molecule has 1 heterocycles. The van der Waals surface area contributed by atoms with Gasteiger partial charge in [0, 0.05) is 31.0 Å². The number of carbonyl (C=O) groups excluding carboxylic acids is 1. The summed E-state index contributed by atoms with van der Waals surface area (Å²) < 4.78 is 0. The smallest absolute Gasteiger partial charge is 0.224 e. The fourth-order valence-electron chi connectivity index (χ4n) is 3.25. The lowest BCUT2D eigenvalue weighted by atomic mass is 9.80. The van der Waals surface area contributed by atoms with Gasteiger partial charge in [0.1, 0.15) is 0 Å². The summed E-state index contributed by atoms with van der Waals surface area (Å²) in [5, 5.41) is 9.56. The topological polar surface area (TPSA) is 66.6 Å². The largest absolute Gasteiger partial charge is 0.393 e. The summed E-state index contributed by atoms with van der Waals surface area (Å²) >= 11 is 0. The fraction of sp³-hybridized carbons (Fsp3) is 0.929. The third-order valence-electron chi connectivity index (χ3n) is 4.61. The Bertz CT molecular complexity index is 298. The van der Waals surface area contributed by atoms with Crippen molar-refractivity contribution in [2.24, 2.45) is 11.7 Å². The number of nitrogens with two attached hydrogens (primary N) is 1. The molecule has 3 N–H and O–H groups in total. The zero-order valence-corrected chi connectivity index (χ0v) is 11.4. The van der Waals surface area contributed by atoms with E-state index in [1.807, 2.05) is 11.8 Å². The number of hydrogen-bond donors (Lipinski definition) is 2. The quantitative estimate of drug-likeness (QED) is 0.797. The summed E-state index contributed by atoms with van der Waals surface area (Å²) in [5.41, 5.74) is 6.06. The van der Waals surface area contributed by atoms with Crippen LogP contribution < -0.4 is 5.73 Å². The maximum absolute atomic E-state index is 12.3. The molecule has 0 aromatic carbocycles. The molecule has 18 heavy (non-hydrogen) atoms. The van der Waals surface area contributed by atoms with Crippen LogP contribution in [0.4, 0.5) is 0 Å². The van der Waals surface area contributed by atoms with Gasteiger partial charge in [-0.15, -0.1) is 0 Å². The molecule has 0 aromatic rings. The van der Waals surface area contributed by atoms with E-state index in [0.29, 0.717) is 13.0 Å². The van der Waals surface area contributed by atoms with E-state index >= 15 is 0 Å². The summed E-state index contributed by atoms with van der Waals surface area (Å²) in [7, 11) is 0. The summed E-state index contributed by atoms with van der Waals surface area (Å²) in [4.78, 5) is 14.1. The lowest BCUT2D eigenvalue weighted by molar-refractivity contribution is -0.132. The fourth-order valence-corrected chi connectivity index (χ4v) is 3.25. The van der Waals surface area contributed by atoms with Gasteiger partial charge in [-0.2, -0.15) is 0 Å². The molecule has 1 saturated heterocycles. The van der Waals surface area contributed by atoms with Gasteiger partial charge in [-0.3, -0.25) is 4.79 Å². The highest BCUT2D eigenvalue weighted by Crippen LogP contribution is 2.30. The van der Waals surface area contributed by atoms with Crippen molar-refractivity contribution in [3.8, 4) is 0 Å². The molecule has 0 radical (unpaired) electrons. The molecule has 1 amide bonds. The van der Waals surface area contributed by atoms with E-state index in [0.717, 1.165) is 38.6 Å². The minimum absolute atomic E-state index is 0.183. The van der Waals surface area contributed by atoms with Crippen LogP contribution in [0.1, 0.15) is 51.9 Å². The lowest BCUT2D eigenvalue weighted by Gasteiger charge is -2.34. The zero-order valence-electron chi connectivity index (χ0n) is 11.4. The Morgan fingerprint density at radius 3 is 2.67 bits per heavy atom. The Kier molecular flexibility index (Phi) is 4.28. The summed E-state index contributed by atoms with van der Waals surface area (Å²) in [6.45, 7) is 3.29. The Morgan fingerprint density at radius 1 is 1.44 bits per heavy atom. The first-order chi connectivity index (χ1) is 8.50. The third-order valence-corrected chi connectivity index (χ3v) is 4.61. The van der Waals surface area contributed by atoms with Crippen LogP contribution in [0.3, 0.4) is 0 Å². The van der Waals surface area contributed by atoms with E-state index in [2.05, 4.69) is 0 Å². The van der Waals surface area contributed by atoms with Gasteiger partial charge in [-0.25, -0.2) is 0 Å². The molecular formula is C14H26N2O2. The Morgan fingerprint density at radius 2 is 2.11 bits per heavy atom. The highest BCUT2D eigenvalue weighted by atomic mass is 16.3. The van der Waals surface area contributed by atoms with Gasteiger partial charge < -0.3 is 15.7 Å². The molecule has 2 atom stereocenters. The van der Waals surface area contributed by atoms with E-state index in [-0.39, 0.29) is 23.5 Å². The van der Waals surface area contributed by atoms with Crippen LogP contribution in [-0.4, -0.2) is 40.6 Å². The van der Waals surface area contributed by atoms with Crippen molar-refractivity contribution in [3.63, 3.8) is 0 Å². The van der Waals surface area contributed by atoms with Crippen LogP contribution in [0.2, 0.25) is 0 Å². The minimum atomic E-state index is -0.315. The number of nitrogens with zero attached hydrogens (tertiary/aromatic N) is 1. The molecule has 4 nitrogen and oxygen atoms in total. The number of hydrogen-bond acceptors (Lipinski definition) is 3. The number of aliphatic hydroxyl groups excluding tert-OH is 1. The second-order valence-electron chi connectivity index (χ2n) is 6.23. The highest BCUT2D eigenvalue weighted by Gasteiger charge is 2.35. The van der Waals surface area contributed by atoms with E-state index in [1.165, 1.54) is 6.42 Å². The maximum atomic E-state index is 12.3. The number of amides is 1. The molecule has 104 valence electrons. The van der Waals surface area contributed by atoms with Crippen molar-refractivity contribution >= 4 is 5.91 Å². The number of likely N-dealkylation sites (tertiary alicyclic amines) is 1. The van der Waals surface area contributed by atoms with Crippen LogP contribution in [0.5, 0.6) is 0 Å². The molecule has 0 bridgehead atoms. The predicted molar refractivity (Wildman–Crippen MR) is 71.0 cm³/mol. The van der Waals surface area contributed by atoms with E-state index in [9.17, 15) is 9.90 Å². The van der Waals surface area contributed by atoms with E-state index in [4.69, 9.17) is 5.73 Å². The second kappa shape index (κ2) is 5.57. The maximum Gasteiger partial charge on any atom is 0.224 e. The van der Waals surface area contributed by atoms with Crippen LogP contribution in [0, 0.1) is 5.92 Å². The van der Waals surface area contributed by atoms with Gasteiger partial charge in [0.15, 0.2) is 0 Å². The number of aliphatic hydroxyl groups is 1. The first-order valence-electron chi connectivity index (χ1n) is 7.25. The molecule has 4 heteroatoms. The molecule has 2 unspecified atom stereocenters. The van der Waals surface area contributed by atoms with Gasteiger partial charge in [-0.05, 0) is 26.2 Å². The molecule has 2 fully saturated rings. The average Bonchev–Trinajstić information content (AvgIpc) is 2.78. The third kappa shape index (κ3) is 3.23. The summed E-state index contributed by atoms with van der Waals surface area (Å²) in [6.07, 6.45) is 6.60. The van der Waals surface area contributed by atoms with Crippen molar-refractivity contribution in [3.05, 3.63) is 0 Å². The first-order valence-corrected chi connectivity index (χ1v) is 7.25. The molecule has 0 spiro atoms.